The Hall–Kier alpha value is -1.53. The Morgan fingerprint density at radius 3 is 2.94 bits per heavy atom. The highest BCUT2D eigenvalue weighted by Gasteiger charge is 2.09. The van der Waals surface area contributed by atoms with Gasteiger partial charge in [0.05, 0.1) is 13.2 Å². The molecule has 1 unspecified atom stereocenters. The minimum atomic E-state index is -0.248. The van der Waals surface area contributed by atoms with Crippen LogP contribution in [0.1, 0.15) is 31.4 Å². The van der Waals surface area contributed by atoms with Crippen molar-refractivity contribution in [3.63, 3.8) is 0 Å². The van der Waals surface area contributed by atoms with E-state index in [0.29, 0.717) is 0 Å². The van der Waals surface area contributed by atoms with Gasteiger partial charge in [0.1, 0.15) is 11.8 Å². The van der Waals surface area contributed by atoms with Crippen LogP contribution in [0.15, 0.2) is 24.3 Å². The Labute approximate surface area is 97.0 Å². The molecule has 0 fully saturated rings. The largest absolute Gasteiger partial charge is 0.497 e. The fourth-order valence-corrected chi connectivity index (χ4v) is 1.48. The van der Waals surface area contributed by atoms with Crippen LogP contribution in [0.4, 0.5) is 0 Å². The van der Waals surface area contributed by atoms with Gasteiger partial charge in [0.25, 0.3) is 0 Å². The van der Waals surface area contributed by atoms with E-state index in [0.717, 1.165) is 30.7 Å². The van der Waals surface area contributed by atoms with Crippen molar-refractivity contribution in [1.29, 1.82) is 5.26 Å². The van der Waals surface area contributed by atoms with Crippen LogP contribution in [-0.2, 0) is 0 Å². The van der Waals surface area contributed by atoms with E-state index in [1.807, 2.05) is 24.3 Å². The van der Waals surface area contributed by atoms with E-state index in [2.05, 4.69) is 18.3 Å². The maximum atomic E-state index is 9.09. The number of nitrogens with zero attached hydrogens (tertiary/aromatic N) is 1. The maximum Gasteiger partial charge on any atom is 0.121 e. The third-order valence-electron chi connectivity index (χ3n) is 2.44. The quantitative estimate of drug-likeness (QED) is 0.746. The van der Waals surface area contributed by atoms with Crippen molar-refractivity contribution < 1.29 is 4.74 Å². The number of hydrogen-bond acceptors (Lipinski definition) is 3. The number of benzene rings is 1. The molecule has 0 aliphatic rings. The van der Waals surface area contributed by atoms with Gasteiger partial charge < -0.3 is 4.74 Å². The van der Waals surface area contributed by atoms with Crippen molar-refractivity contribution in [2.75, 3.05) is 13.7 Å². The molecule has 1 atom stereocenters. The molecule has 0 amide bonds. The fraction of sp³-hybridized carbons (Fsp3) is 0.462. The Balaban J connectivity index is 2.67. The van der Waals surface area contributed by atoms with Crippen LogP contribution in [0.3, 0.4) is 0 Å². The molecule has 3 heteroatoms. The summed E-state index contributed by atoms with van der Waals surface area (Å²) in [5.41, 5.74) is 0.956. The zero-order valence-corrected chi connectivity index (χ0v) is 9.86. The second kappa shape index (κ2) is 6.86. The summed E-state index contributed by atoms with van der Waals surface area (Å²) >= 11 is 0. The lowest BCUT2D eigenvalue weighted by atomic mass is 10.1. The highest BCUT2D eigenvalue weighted by atomic mass is 16.5. The Kier molecular flexibility index (Phi) is 5.38. The molecule has 0 saturated heterocycles. The standard InChI is InChI=1S/C13H18N2O/c1-3-4-8-15-13(10-14)11-6-5-7-12(9-11)16-2/h5-7,9,13,15H,3-4,8H2,1-2H3. The first-order chi connectivity index (χ1) is 7.81. The van der Waals surface area contributed by atoms with Gasteiger partial charge in [-0.1, -0.05) is 25.5 Å². The van der Waals surface area contributed by atoms with E-state index in [1.54, 1.807) is 7.11 Å². The first-order valence-electron chi connectivity index (χ1n) is 5.58. The molecule has 86 valence electrons. The highest BCUT2D eigenvalue weighted by Crippen LogP contribution is 2.18. The molecule has 0 aliphatic carbocycles. The van der Waals surface area contributed by atoms with Crippen LogP contribution in [0.2, 0.25) is 0 Å². The molecular weight excluding hydrogens is 200 g/mol. The third-order valence-corrected chi connectivity index (χ3v) is 2.44. The smallest absolute Gasteiger partial charge is 0.121 e. The minimum absolute atomic E-state index is 0.248. The molecule has 0 aromatic heterocycles. The molecule has 1 aromatic carbocycles. The number of nitrogens with one attached hydrogen (secondary N) is 1. The SMILES string of the molecule is CCCCNC(C#N)c1cccc(OC)c1. The van der Waals surface area contributed by atoms with E-state index in [-0.39, 0.29) is 6.04 Å². The summed E-state index contributed by atoms with van der Waals surface area (Å²) in [6.45, 7) is 3.00. The molecule has 1 aromatic rings. The van der Waals surface area contributed by atoms with Gasteiger partial charge in [-0.3, -0.25) is 5.32 Å². The predicted octanol–water partition coefficient (Wildman–Crippen LogP) is 2.65. The van der Waals surface area contributed by atoms with E-state index in [4.69, 9.17) is 10.00 Å². The van der Waals surface area contributed by atoms with Gasteiger partial charge in [0, 0.05) is 0 Å². The van der Waals surface area contributed by atoms with Gasteiger partial charge in [-0.05, 0) is 30.7 Å². The number of hydrogen-bond donors (Lipinski definition) is 1. The first-order valence-corrected chi connectivity index (χ1v) is 5.58. The molecule has 0 heterocycles. The molecule has 0 bridgehead atoms. The fourth-order valence-electron chi connectivity index (χ4n) is 1.48. The van der Waals surface area contributed by atoms with Crippen molar-refractivity contribution in [2.45, 2.75) is 25.8 Å². The number of rotatable bonds is 6. The molecular formula is C13H18N2O. The summed E-state index contributed by atoms with van der Waals surface area (Å²) < 4.78 is 5.14. The molecule has 16 heavy (non-hydrogen) atoms. The van der Waals surface area contributed by atoms with Crippen LogP contribution in [-0.4, -0.2) is 13.7 Å². The van der Waals surface area contributed by atoms with Crippen molar-refractivity contribution in [3.8, 4) is 11.8 Å². The highest BCUT2D eigenvalue weighted by molar-refractivity contribution is 5.32. The molecule has 0 saturated carbocycles. The Morgan fingerprint density at radius 1 is 1.50 bits per heavy atom. The minimum Gasteiger partial charge on any atom is -0.497 e. The van der Waals surface area contributed by atoms with Gasteiger partial charge in [-0.15, -0.1) is 0 Å². The number of ether oxygens (including phenoxy) is 1. The average molecular weight is 218 g/mol. The molecule has 1 rings (SSSR count). The predicted molar refractivity (Wildman–Crippen MR) is 64.3 cm³/mol. The van der Waals surface area contributed by atoms with Gasteiger partial charge in [-0.2, -0.15) is 5.26 Å². The zero-order chi connectivity index (χ0) is 11.8. The Bertz CT molecular complexity index is 357. The van der Waals surface area contributed by atoms with Crippen molar-refractivity contribution in [3.05, 3.63) is 29.8 Å². The summed E-state index contributed by atoms with van der Waals surface area (Å²) in [7, 11) is 1.63. The van der Waals surface area contributed by atoms with Crippen LogP contribution >= 0.6 is 0 Å². The summed E-state index contributed by atoms with van der Waals surface area (Å²) in [6, 6.07) is 9.63. The molecule has 1 N–H and O–H groups in total. The first kappa shape index (κ1) is 12.5. The Morgan fingerprint density at radius 2 is 2.31 bits per heavy atom. The molecule has 0 spiro atoms. The van der Waals surface area contributed by atoms with Gasteiger partial charge in [0.2, 0.25) is 0 Å². The number of methoxy groups -OCH3 is 1. The van der Waals surface area contributed by atoms with Crippen molar-refractivity contribution >= 4 is 0 Å². The lowest BCUT2D eigenvalue weighted by Crippen LogP contribution is -2.20. The molecule has 0 radical (unpaired) electrons. The topological polar surface area (TPSA) is 45.0 Å². The maximum absolute atomic E-state index is 9.09. The van der Waals surface area contributed by atoms with Crippen LogP contribution in [0.5, 0.6) is 5.75 Å². The molecule has 0 aliphatic heterocycles. The van der Waals surface area contributed by atoms with Crippen molar-refractivity contribution in [1.82, 2.24) is 5.32 Å². The number of unbranched alkanes of at least 4 members (excludes halogenated alkanes) is 1. The average Bonchev–Trinajstić information content (AvgIpc) is 2.35. The van der Waals surface area contributed by atoms with Crippen LogP contribution in [0.25, 0.3) is 0 Å². The zero-order valence-electron chi connectivity index (χ0n) is 9.86. The van der Waals surface area contributed by atoms with E-state index >= 15 is 0 Å². The summed E-state index contributed by atoms with van der Waals surface area (Å²) in [4.78, 5) is 0. The van der Waals surface area contributed by atoms with Crippen LogP contribution < -0.4 is 10.1 Å². The van der Waals surface area contributed by atoms with Gasteiger partial charge >= 0.3 is 0 Å². The summed E-state index contributed by atoms with van der Waals surface area (Å²) in [5.74, 6) is 0.787. The van der Waals surface area contributed by atoms with Crippen molar-refractivity contribution in [2.24, 2.45) is 0 Å². The lowest BCUT2D eigenvalue weighted by Gasteiger charge is -2.12. The normalized spacial score (nSPS) is 11.8. The summed E-state index contributed by atoms with van der Waals surface area (Å²) in [5, 5.41) is 12.3. The second-order valence-corrected chi connectivity index (χ2v) is 3.65. The second-order valence-electron chi connectivity index (χ2n) is 3.65. The lowest BCUT2D eigenvalue weighted by molar-refractivity contribution is 0.413. The van der Waals surface area contributed by atoms with E-state index in [9.17, 15) is 0 Å². The van der Waals surface area contributed by atoms with Gasteiger partial charge in [-0.25, -0.2) is 0 Å². The van der Waals surface area contributed by atoms with E-state index in [1.165, 1.54) is 0 Å². The summed E-state index contributed by atoms with van der Waals surface area (Å²) in [6.07, 6.45) is 2.21. The van der Waals surface area contributed by atoms with Crippen LogP contribution in [0, 0.1) is 11.3 Å². The van der Waals surface area contributed by atoms with E-state index < -0.39 is 0 Å². The molecule has 3 nitrogen and oxygen atoms in total. The number of nitriles is 1. The van der Waals surface area contributed by atoms with Gasteiger partial charge in [0.15, 0.2) is 0 Å². The third kappa shape index (κ3) is 3.56. The monoisotopic (exact) mass is 218 g/mol.